The zero-order valence-corrected chi connectivity index (χ0v) is 12.7. The van der Waals surface area contributed by atoms with Gasteiger partial charge in [-0.25, -0.2) is 0 Å². The number of rotatable bonds is 2. The Morgan fingerprint density at radius 3 is 2.62 bits per heavy atom. The lowest BCUT2D eigenvalue weighted by Gasteiger charge is -2.22. The highest BCUT2D eigenvalue weighted by Crippen LogP contribution is 2.26. The summed E-state index contributed by atoms with van der Waals surface area (Å²) in [6.45, 7) is 5.25. The molecule has 1 aromatic heterocycles. The van der Waals surface area contributed by atoms with Crippen molar-refractivity contribution in [3.05, 3.63) is 43.5 Å². The first-order chi connectivity index (χ1) is 9.97. The number of nitrogens with one attached hydrogen (secondary N) is 2. The molecule has 2 heterocycles. The molecule has 1 aromatic carbocycles. The Bertz CT molecular complexity index is 803. The van der Waals surface area contributed by atoms with E-state index in [0.29, 0.717) is 6.04 Å². The van der Waals surface area contributed by atoms with Gasteiger partial charge in [-0.2, -0.15) is 0 Å². The van der Waals surface area contributed by atoms with Gasteiger partial charge in [0, 0.05) is 6.04 Å². The molecule has 0 radical (unpaired) electrons. The number of fused-ring (bicyclic) bond motifs is 1. The van der Waals surface area contributed by atoms with Crippen molar-refractivity contribution in [2.45, 2.75) is 39.2 Å². The lowest BCUT2D eigenvalue weighted by molar-refractivity contribution is 0.309. The maximum Gasteiger partial charge on any atom is 0.314 e. The van der Waals surface area contributed by atoms with Crippen molar-refractivity contribution in [1.29, 1.82) is 0 Å². The third-order valence-electron chi connectivity index (χ3n) is 4.78. The number of nitrogens with zero attached hydrogens (tertiary/aromatic N) is 1. The molecule has 0 bridgehead atoms. The monoisotopic (exact) mass is 287 g/mol. The average molecular weight is 287 g/mol. The second kappa shape index (κ2) is 5.15. The topological polar surface area (TPSA) is 69.0 Å². The Kier molecular flexibility index (Phi) is 3.45. The van der Waals surface area contributed by atoms with Crippen LogP contribution in [0.4, 0.5) is 0 Å². The van der Waals surface area contributed by atoms with Gasteiger partial charge in [0.1, 0.15) is 0 Å². The van der Waals surface area contributed by atoms with Gasteiger partial charge in [0.05, 0.1) is 11.0 Å². The number of hydrogen-bond acceptors (Lipinski definition) is 3. The average Bonchev–Trinajstić information content (AvgIpc) is 2.83. The van der Waals surface area contributed by atoms with Crippen molar-refractivity contribution in [1.82, 2.24) is 14.9 Å². The van der Waals surface area contributed by atoms with Crippen LogP contribution in [-0.2, 0) is 6.42 Å². The molecule has 1 aliphatic heterocycles. The highest BCUT2D eigenvalue weighted by molar-refractivity contribution is 5.80. The molecule has 1 fully saturated rings. The van der Waals surface area contributed by atoms with Crippen molar-refractivity contribution >= 4 is 11.0 Å². The lowest BCUT2D eigenvalue weighted by Crippen LogP contribution is -2.31. The molecule has 1 saturated heterocycles. The summed E-state index contributed by atoms with van der Waals surface area (Å²) in [4.78, 5) is 31.0. The van der Waals surface area contributed by atoms with E-state index in [1.165, 1.54) is 18.4 Å². The number of hydrogen-bond donors (Lipinski definition) is 2. The molecule has 5 nitrogen and oxygen atoms in total. The predicted molar refractivity (Wildman–Crippen MR) is 84.0 cm³/mol. The van der Waals surface area contributed by atoms with Gasteiger partial charge in [0.15, 0.2) is 0 Å². The quantitative estimate of drug-likeness (QED) is 0.822. The molecule has 21 heavy (non-hydrogen) atoms. The van der Waals surface area contributed by atoms with E-state index < -0.39 is 11.1 Å². The molecule has 2 N–H and O–H groups in total. The maximum atomic E-state index is 11.7. The van der Waals surface area contributed by atoms with Gasteiger partial charge in [0.25, 0.3) is 0 Å². The van der Waals surface area contributed by atoms with Gasteiger partial charge in [-0.1, -0.05) is 0 Å². The van der Waals surface area contributed by atoms with Crippen LogP contribution in [-0.4, -0.2) is 34.5 Å². The van der Waals surface area contributed by atoms with Crippen LogP contribution in [0.3, 0.4) is 0 Å². The van der Waals surface area contributed by atoms with E-state index in [0.717, 1.165) is 35.1 Å². The van der Waals surface area contributed by atoms with Crippen molar-refractivity contribution in [3.63, 3.8) is 0 Å². The maximum absolute atomic E-state index is 11.7. The van der Waals surface area contributed by atoms with Crippen LogP contribution in [0.1, 0.15) is 29.5 Å². The first-order valence-electron chi connectivity index (χ1n) is 7.43. The Hall–Kier alpha value is -1.88. The summed E-state index contributed by atoms with van der Waals surface area (Å²) in [6, 6.07) is 2.44. The number of aromatic amines is 2. The molecule has 0 spiro atoms. The molecule has 0 aliphatic carbocycles. The van der Waals surface area contributed by atoms with Crippen molar-refractivity contribution in [2.75, 3.05) is 13.6 Å². The Morgan fingerprint density at radius 2 is 1.95 bits per heavy atom. The number of likely N-dealkylation sites (tertiary alicyclic amines) is 1. The predicted octanol–water partition coefficient (Wildman–Crippen LogP) is 1.47. The molecule has 5 heteroatoms. The largest absolute Gasteiger partial charge is 0.316 e. The summed E-state index contributed by atoms with van der Waals surface area (Å²) in [6.07, 6.45) is 3.30. The third-order valence-corrected chi connectivity index (χ3v) is 4.78. The van der Waals surface area contributed by atoms with Crippen molar-refractivity contribution in [2.24, 2.45) is 0 Å². The standard InChI is InChI=1S/C16H21N3O2/c1-9-7-13-14(18-16(21)15(20)17-13)12(10(9)2)8-11-5-4-6-19(11)3/h7,11H,4-6,8H2,1-3H3,(H,17,20)(H,18,21)/t11-/m1/s1. The fourth-order valence-electron chi connectivity index (χ4n) is 3.30. The summed E-state index contributed by atoms with van der Waals surface area (Å²) in [7, 11) is 2.15. The first-order valence-corrected chi connectivity index (χ1v) is 7.43. The Balaban J connectivity index is 2.19. The first kappa shape index (κ1) is 14.1. The summed E-state index contributed by atoms with van der Waals surface area (Å²) in [5, 5.41) is 0. The van der Waals surface area contributed by atoms with E-state index in [4.69, 9.17) is 0 Å². The van der Waals surface area contributed by atoms with Crippen LogP contribution in [0.15, 0.2) is 15.7 Å². The number of aromatic nitrogens is 2. The van der Waals surface area contributed by atoms with Gasteiger partial charge in [-0.3, -0.25) is 9.59 Å². The summed E-state index contributed by atoms with van der Waals surface area (Å²) < 4.78 is 0. The van der Waals surface area contributed by atoms with Gasteiger partial charge in [-0.15, -0.1) is 0 Å². The van der Waals surface area contributed by atoms with E-state index >= 15 is 0 Å². The van der Waals surface area contributed by atoms with Gasteiger partial charge >= 0.3 is 11.1 Å². The molecule has 1 aliphatic rings. The lowest BCUT2D eigenvalue weighted by atomic mass is 9.95. The molecule has 0 unspecified atom stereocenters. The molecule has 0 saturated carbocycles. The second-order valence-electron chi connectivity index (χ2n) is 6.11. The second-order valence-corrected chi connectivity index (χ2v) is 6.11. The van der Waals surface area contributed by atoms with Gasteiger partial charge in [0.2, 0.25) is 0 Å². The Labute approximate surface area is 123 Å². The fourth-order valence-corrected chi connectivity index (χ4v) is 3.30. The fraction of sp³-hybridized carbons (Fsp3) is 0.500. The smallest absolute Gasteiger partial charge is 0.314 e. The molecule has 2 aromatic rings. The van der Waals surface area contributed by atoms with Crippen molar-refractivity contribution in [3.8, 4) is 0 Å². The van der Waals surface area contributed by atoms with Crippen molar-refractivity contribution < 1.29 is 0 Å². The van der Waals surface area contributed by atoms with Crippen LogP contribution in [0.25, 0.3) is 11.0 Å². The minimum atomic E-state index is -0.588. The normalized spacial score (nSPS) is 19.5. The highest BCUT2D eigenvalue weighted by atomic mass is 16.2. The molecule has 112 valence electrons. The highest BCUT2D eigenvalue weighted by Gasteiger charge is 2.23. The van der Waals surface area contributed by atoms with Crippen LogP contribution in [0.2, 0.25) is 0 Å². The van der Waals surface area contributed by atoms with Gasteiger partial charge in [-0.05, 0) is 69.5 Å². The van der Waals surface area contributed by atoms with Crippen LogP contribution in [0, 0.1) is 13.8 Å². The molecule has 1 atom stereocenters. The molecular weight excluding hydrogens is 266 g/mol. The number of likely N-dealkylation sites (N-methyl/N-ethyl adjacent to an activating group) is 1. The van der Waals surface area contributed by atoms with E-state index in [9.17, 15) is 9.59 Å². The Morgan fingerprint density at radius 1 is 1.24 bits per heavy atom. The summed E-state index contributed by atoms with van der Waals surface area (Å²) in [5.41, 5.74) is 3.83. The third kappa shape index (κ3) is 2.42. The van der Waals surface area contributed by atoms with Crippen LogP contribution in [0.5, 0.6) is 0 Å². The van der Waals surface area contributed by atoms with E-state index in [2.05, 4.69) is 28.8 Å². The number of benzene rings is 1. The summed E-state index contributed by atoms with van der Waals surface area (Å²) >= 11 is 0. The zero-order valence-electron chi connectivity index (χ0n) is 12.7. The van der Waals surface area contributed by atoms with Crippen LogP contribution >= 0.6 is 0 Å². The van der Waals surface area contributed by atoms with E-state index in [1.54, 1.807) is 0 Å². The number of H-pyrrole nitrogens is 2. The van der Waals surface area contributed by atoms with E-state index in [-0.39, 0.29) is 0 Å². The van der Waals surface area contributed by atoms with Gasteiger partial charge < -0.3 is 14.9 Å². The SMILES string of the molecule is Cc1cc2[nH]c(=O)c(=O)[nH]c2c(C[C@H]2CCCN2C)c1C. The minimum Gasteiger partial charge on any atom is -0.316 e. The van der Waals surface area contributed by atoms with E-state index in [1.807, 2.05) is 13.0 Å². The summed E-state index contributed by atoms with van der Waals surface area (Å²) in [5.74, 6) is 0. The van der Waals surface area contributed by atoms with Crippen LogP contribution < -0.4 is 11.1 Å². The molecule has 0 amide bonds. The molecule has 3 rings (SSSR count). The number of aryl methyl sites for hydroxylation is 1. The molecular formula is C16H21N3O2. The zero-order chi connectivity index (χ0) is 15.1. The minimum absolute atomic E-state index is 0.504.